The van der Waals surface area contributed by atoms with Gasteiger partial charge in [0.1, 0.15) is 0 Å². The van der Waals surface area contributed by atoms with Crippen LogP contribution in [0.5, 0.6) is 0 Å². The molecule has 0 saturated heterocycles. The predicted octanol–water partition coefficient (Wildman–Crippen LogP) is 9.33. The minimum atomic E-state index is 0.460. The molecule has 0 atom stereocenters. The molecule has 0 aliphatic heterocycles. The largest absolute Gasteiger partial charge is 0.248 e. The highest BCUT2D eigenvalue weighted by atomic mass is 14.7. The predicted molar refractivity (Wildman–Crippen MR) is 154 cm³/mol. The Morgan fingerprint density at radius 2 is 1.05 bits per heavy atom. The number of nitriles is 1. The molecule has 1 aromatic heterocycles. The maximum atomic E-state index is 9.52. The Kier molecular flexibility index (Phi) is 5.95. The molecule has 0 amide bonds. The van der Waals surface area contributed by atoms with Crippen LogP contribution in [0.3, 0.4) is 0 Å². The third-order valence-corrected chi connectivity index (χ3v) is 6.69. The molecule has 0 N–H and O–H groups in total. The first-order valence-corrected chi connectivity index (χ1v) is 12.3. The van der Waals surface area contributed by atoms with Crippen LogP contribution in [0.25, 0.3) is 60.4 Å². The van der Waals surface area contributed by atoms with Gasteiger partial charge in [-0.15, -0.1) is 0 Å². The van der Waals surface area contributed by atoms with Gasteiger partial charge in [-0.1, -0.05) is 97.1 Å². The van der Waals surface area contributed by atoms with Crippen molar-refractivity contribution in [1.82, 2.24) is 4.98 Å². The van der Waals surface area contributed by atoms with Gasteiger partial charge >= 0.3 is 0 Å². The molecule has 0 radical (unpaired) electrons. The Labute approximate surface area is 221 Å². The van der Waals surface area contributed by atoms with E-state index in [4.69, 9.17) is 11.6 Å². The Morgan fingerprint density at radius 3 is 1.55 bits per heavy atom. The molecule has 0 aliphatic rings. The van der Waals surface area contributed by atoms with Crippen molar-refractivity contribution in [2.24, 2.45) is 0 Å². The zero-order chi connectivity index (χ0) is 25.9. The van der Waals surface area contributed by atoms with Gasteiger partial charge in [0.05, 0.1) is 24.0 Å². The second-order valence-corrected chi connectivity index (χ2v) is 9.06. The van der Waals surface area contributed by atoms with Crippen molar-refractivity contribution in [3.05, 3.63) is 144 Å². The summed E-state index contributed by atoms with van der Waals surface area (Å²) in [5, 5.41) is 11.7. The molecule has 6 aromatic rings. The number of rotatable bonds is 4. The number of hydrogen-bond acceptors (Lipinski definition) is 2. The summed E-state index contributed by atoms with van der Waals surface area (Å²) in [6, 6.07) is 44.8. The average Bonchev–Trinajstić information content (AvgIpc) is 3.00. The van der Waals surface area contributed by atoms with Gasteiger partial charge in [0.15, 0.2) is 5.69 Å². The fourth-order valence-corrected chi connectivity index (χ4v) is 4.90. The maximum absolute atomic E-state index is 9.52. The van der Waals surface area contributed by atoms with Crippen LogP contribution in [0.4, 0.5) is 5.69 Å². The van der Waals surface area contributed by atoms with E-state index in [9.17, 15) is 5.26 Å². The first kappa shape index (κ1) is 22.9. The zero-order valence-corrected chi connectivity index (χ0v) is 20.5. The maximum Gasteiger partial charge on any atom is 0.189 e. The van der Waals surface area contributed by atoms with Crippen molar-refractivity contribution in [2.75, 3.05) is 0 Å². The Hall–Kier alpha value is -5.51. The van der Waals surface area contributed by atoms with Gasteiger partial charge in [-0.3, -0.25) is 0 Å². The number of hydrogen-bond donors (Lipinski definition) is 0. The molecule has 0 aliphatic carbocycles. The van der Waals surface area contributed by atoms with Crippen molar-refractivity contribution >= 4 is 16.5 Å². The van der Waals surface area contributed by atoms with E-state index in [0.717, 1.165) is 55.5 Å². The highest BCUT2D eigenvalue weighted by Gasteiger charge is 2.14. The number of pyridine rings is 1. The molecule has 0 bridgehead atoms. The van der Waals surface area contributed by atoms with E-state index in [1.54, 1.807) is 6.07 Å². The first-order chi connectivity index (χ1) is 18.7. The quantitative estimate of drug-likeness (QED) is 0.234. The van der Waals surface area contributed by atoms with Gasteiger partial charge in [0.25, 0.3) is 0 Å². The Bertz CT molecular complexity index is 1790. The van der Waals surface area contributed by atoms with Crippen molar-refractivity contribution in [2.45, 2.75) is 0 Å². The molecule has 176 valence electrons. The molecule has 6 rings (SSSR count). The van der Waals surface area contributed by atoms with E-state index in [-0.39, 0.29) is 0 Å². The highest BCUT2D eigenvalue weighted by molar-refractivity contribution is 6.05. The number of fused-ring (bicyclic) bond motifs is 1. The van der Waals surface area contributed by atoms with Crippen LogP contribution in [0.2, 0.25) is 0 Å². The lowest BCUT2D eigenvalue weighted by atomic mass is 9.90. The Balaban J connectivity index is 1.59. The van der Waals surface area contributed by atoms with Crippen molar-refractivity contribution in [3.8, 4) is 50.8 Å². The smallest absolute Gasteiger partial charge is 0.189 e. The molecule has 0 spiro atoms. The topological polar surface area (TPSA) is 41.0 Å². The second-order valence-electron chi connectivity index (χ2n) is 9.06. The summed E-state index contributed by atoms with van der Waals surface area (Å²) in [7, 11) is 0. The molecule has 3 nitrogen and oxygen atoms in total. The minimum absolute atomic E-state index is 0.460. The van der Waals surface area contributed by atoms with Gasteiger partial charge in [-0.05, 0) is 63.4 Å². The lowest BCUT2D eigenvalue weighted by molar-refractivity contribution is 1.32. The summed E-state index contributed by atoms with van der Waals surface area (Å²) < 4.78 is 0. The summed E-state index contributed by atoms with van der Waals surface area (Å²) in [5.41, 5.74) is 8.93. The molecule has 0 unspecified atom stereocenters. The first-order valence-electron chi connectivity index (χ1n) is 12.3. The monoisotopic (exact) mass is 483 g/mol. The van der Waals surface area contributed by atoms with Gasteiger partial charge in [-0.25, -0.2) is 9.83 Å². The lowest BCUT2D eigenvalue weighted by Gasteiger charge is -2.15. The molecule has 1 heterocycles. The standard InChI is InChI=1S/C35H21N3/c1-37-29-19-24(23-36)18-27(20-29)30-16-17-31(33-15-9-8-14-32(30)33)28-21-34(25-10-4-2-5-11-25)38-35(22-28)26-12-6-3-7-13-26/h2-22H. The van der Waals surface area contributed by atoms with E-state index in [2.05, 4.69) is 71.6 Å². The second kappa shape index (κ2) is 9.86. The number of aromatic nitrogens is 1. The average molecular weight is 484 g/mol. The van der Waals surface area contributed by atoms with Gasteiger partial charge < -0.3 is 0 Å². The van der Waals surface area contributed by atoms with Gasteiger partial charge in [0.2, 0.25) is 0 Å². The van der Waals surface area contributed by atoms with Gasteiger partial charge in [0, 0.05) is 16.7 Å². The van der Waals surface area contributed by atoms with Crippen molar-refractivity contribution in [3.63, 3.8) is 0 Å². The van der Waals surface area contributed by atoms with Crippen LogP contribution < -0.4 is 0 Å². The van der Waals surface area contributed by atoms with E-state index < -0.39 is 0 Å². The third kappa shape index (κ3) is 4.30. The number of benzene rings is 5. The molecule has 38 heavy (non-hydrogen) atoms. The summed E-state index contributed by atoms with van der Waals surface area (Å²) in [4.78, 5) is 8.60. The summed E-state index contributed by atoms with van der Waals surface area (Å²) in [6.45, 7) is 7.48. The van der Waals surface area contributed by atoms with Crippen LogP contribution in [-0.4, -0.2) is 4.98 Å². The molecular formula is C35H21N3. The van der Waals surface area contributed by atoms with Crippen LogP contribution in [0, 0.1) is 17.9 Å². The molecule has 0 saturated carbocycles. The molecular weight excluding hydrogens is 462 g/mol. The molecule has 0 fully saturated rings. The SMILES string of the molecule is [C-]#[N+]c1cc(C#N)cc(-c2ccc(-c3cc(-c4ccccc4)nc(-c4ccccc4)c3)c3ccccc23)c1. The summed E-state index contributed by atoms with van der Waals surface area (Å²) >= 11 is 0. The normalized spacial score (nSPS) is 10.6. The molecule has 5 aromatic carbocycles. The number of nitrogens with zero attached hydrogens (tertiary/aromatic N) is 3. The summed E-state index contributed by atoms with van der Waals surface area (Å²) in [5.74, 6) is 0. The van der Waals surface area contributed by atoms with Crippen LogP contribution in [0.15, 0.2) is 127 Å². The van der Waals surface area contributed by atoms with E-state index >= 15 is 0 Å². The molecule has 3 heteroatoms. The van der Waals surface area contributed by atoms with E-state index in [1.807, 2.05) is 60.7 Å². The minimum Gasteiger partial charge on any atom is -0.248 e. The van der Waals surface area contributed by atoms with E-state index in [1.165, 1.54) is 0 Å². The zero-order valence-electron chi connectivity index (χ0n) is 20.5. The van der Waals surface area contributed by atoms with Crippen LogP contribution >= 0.6 is 0 Å². The van der Waals surface area contributed by atoms with Crippen LogP contribution in [-0.2, 0) is 0 Å². The van der Waals surface area contributed by atoms with Crippen molar-refractivity contribution < 1.29 is 0 Å². The van der Waals surface area contributed by atoms with Crippen molar-refractivity contribution in [1.29, 1.82) is 5.26 Å². The highest BCUT2D eigenvalue weighted by Crippen LogP contribution is 2.39. The Morgan fingerprint density at radius 1 is 0.553 bits per heavy atom. The summed E-state index contributed by atoms with van der Waals surface area (Å²) in [6.07, 6.45) is 0. The fourth-order valence-electron chi connectivity index (χ4n) is 4.90. The van der Waals surface area contributed by atoms with E-state index in [0.29, 0.717) is 11.3 Å². The lowest BCUT2D eigenvalue weighted by Crippen LogP contribution is -1.92. The fraction of sp³-hybridized carbons (Fsp3) is 0. The third-order valence-electron chi connectivity index (χ3n) is 6.69. The van der Waals surface area contributed by atoms with Crippen LogP contribution in [0.1, 0.15) is 5.56 Å². The van der Waals surface area contributed by atoms with Gasteiger partial charge in [-0.2, -0.15) is 5.26 Å².